The molecule has 0 aromatic heterocycles. The highest BCUT2D eigenvalue weighted by atomic mass is 15.1. The van der Waals surface area contributed by atoms with Crippen molar-refractivity contribution in [3.05, 3.63) is 200 Å². The van der Waals surface area contributed by atoms with Crippen LogP contribution in [0.4, 0.5) is 17.1 Å². The molecule has 1 nitrogen and oxygen atoms in total. The first-order chi connectivity index (χ1) is 23.3. The van der Waals surface area contributed by atoms with E-state index in [1.54, 1.807) is 0 Å². The van der Waals surface area contributed by atoms with E-state index < -0.39 is 0 Å². The Kier molecular flexibility index (Phi) is 7.63. The molecule has 0 spiro atoms. The molecule has 8 aromatic carbocycles. The van der Waals surface area contributed by atoms with E-state index in [-0.39, 0.29) is 0 Å². The molecule has 0 heterocycles. The molecule has 0 aliphatic rings. The molecule has 0 aliphatic heterocycles. The van der Waals surface area contributed by atoms with E-state index in [1.807, 2.05) is 0 Å². The van der Waals surface area contributed by atoms with Gasteiger partial charge in [0.15, 0.2) is 0 Å². The zero-order chi connectivity index (χ0) is 31.4. The molecule has 0 saturated carbocycles. The Morgan fingerprint density at radius 2 is 0.723 bits per heavy atom. The van der Waals surface area contributed by atoms with Crippen molar-refractivity contribution >= 4 is 27.8 Å². The lowest BCUT2D eigenvalue weighted by Gasteiger charge is -2.29. The first-order valence-corrected chi connectivity index (χ1v) is 16.1. The molecule has 1 heteroatoms. The van der Waals surface area contributed by atoms with Gasteiger partial charge in [-0.15, -0.1) is 0 Å². The summed E-state index contributed by atoms with van der Waals surface area (Å²) in [5.41, 5.74) is 12.9. The summed E-state index contributed by atoms with van der Waals surface area (Å²) in [6.07, 6.45) is 0. The van der Waals surface area contributed by atoms with Gasteiger partial charge in [0.1, 0.15) is 0 Å². The van der Waals surface area contributed by atoms with Gasteiger partial charge in [0, 0.05) is 16.9 Å². The molecule has 0 fully saturated rings. The zero-order valence-corrected chi connectivity index (χ0v) is 26.0. The van der Waals surface area contributed by atoms with Gasteiger partial charge in [-0.2, -0.15) is 0 Å². The van der Waals surface area contributed by atoms with Crippen LogP contribution in [0.1, 0.15) is 0 Å². The fraction of sp³-hybridized carbons (Fsp3) is 0. The minimum Gasteiger partial charge on any atom is -0.310 e. The fourth-order valence-corrected chi connectivity index (χ4v) is 6.58. The van der Waals surface area contributed by atoms with Crippen LogP contribution in [0.15, 0.2) is 200 Å². The highest BCUT2D eigenvalue weighted by molar-refractivity contribution is 5.98. The van der Waals surface area contributed by atoms with Crippen LogP contribution in [0.25, 0.3) is 55.3 Å². The van der Waals surface area contributed by atoms with E-state index in [1.165, 1.54) is 55.3 Å². The quantitative estimate of drug-likeness (QED) is 0.176. The summed E-state index contributed by atoms with van der Waals surface area (Å²) in [4.78, 5) is 2.41. The van der Waals surface area contributed by atoms with E-state index in [2.05, 4.69) is 205 Å². The van der Waals surface area contributed by atoms with Gasteiger partial charge in [0.25, 0.3) is 0 Å². The van der Waals surface area contributed by atoms with Crippen molar-refractivity contribution < 1.29 is 0 Å². The molecule has 8 aromatic rings. The zero-order valence-electron chi connectivity index (χ0n) is 26.0. The van der Waals surface area contributed by atoms with Gasteiger partial charge in [0.05, 0.1) is 5.69 Å². The number of anilines is 3. The second-order valence-electron chi connectivity index (χ2n) is 11.8. The van der Waals surface area contributed by atoms with Crippen LogP contribution in [-0.4, -0.2) is 0 Å². The minimum atomic E-state index is 1.10. The van der Waals surface area contributed by atoms with Gasteiger partial charge in [0.2, 0.25) is 0 Å². The fourth-order valence-electron chi connectivity index (χ4n) is 6.58. The maximum Gasteiger partial charge on any atom is 0.0540 e. The molecule has 0 amide bonds. The van der Waals surface area contributed by atoms with Crippen LogP contribution < -0.4 is 4.90 Å². The van der Waals surface area contributed by atoms with Crippen LogP contribution in [0.2, 0.25) is 0 Å². The minimum absolute atomic E-state index is 1.10. The first-order valence-electron chi connectivity index (χ1n) is 16.1. The molecule has 8 rings (SSSR count). The van der Waals surface area contributed by atoms with Gasteiger partial charge in [-0.3, -0.25) is 0 Å². The summed E-state index contributed by atoms with van der Waals surface area (Å²) in [5, 5.41) is 2.49. The van der Waals surface area contributed by atoms with E-state index in [0.29, 0.717) is 0 Å². The highest BCUT2D eigenvalue weighted by Gasteiger charge is 2.19. The molecule has 47 heavy (non-hydrogen) atoms. The molecular formula is C46H33N. The van der Waals surface area contributed by atoms with Crippen molar-refractivity contribution in [1.82, 2.24) is 0 Å². The summed E-state index contributed by atoms with van der Waals surface area (Å²) in [7, 11) is 0. The number of rotatable bonds is 7. The lowest BCUT2D eigenvalue weighted by molar-refractivity contribution is 1.28. The molecule has 0 unspecified atom stereocenters. The topological polar surface area (TPSA) is 3.24 Å². The summed E-state index contributed by atoms with van der Waals surface area (Å²) < 4.78 is 0. The largest absolute Gasteiger partial charge is 0.310 e. The first kappa shape index (κ1) is 28.3. The summed E-state index contributed by atoms with van der Waals surface area (Å²) in [6, 6.07) is 71.9. The van der Waals surface area contributed by atoms with Crippen LogP contribution in [-0.2, 0) is 0 Å². The Morgan fingerprint density at radius 3 is 1.45 bits per heavy atom. The van der Waals surface area contributed by atoms with E-state index in [0.717, 1.165) is 17.1 Å². The molecule has 0 saturated heterocycles. The molecular weight excluding hydrogens is 567 g/mol. The van der Waals surface area contributed by atoms with Crippen molar-refractivity contribution in [2.24, 2.45) is 0 Å². The van der Waals surface area contributed by atoms with Crippen LogP contribution in [0, 0.1) is 0 Å². The number of nitrogens with zero attached hydrogens (tertiary/aromatic N) is 1. The number of hydrogen-bond donors (Lipinski definition) is 0. The molecule has 222 valence electrons. The molecule has 0 atom stereocenters. The highest BCUT2D eigenvalue weighted by Crippen LogP contribution is 2.43. The van der Waals surface area contributed by atoms with E-state index in [9.17, 15) is 0 Å². The Balaban J connectivity index is 1.32. The third-order valence-electron chi connectivity index (χ3n) is 8.84. The van der Waals surface area contributed by atoms with E-state index >= 15 is 0 Å². The lowest BCUT2D eigenvalue weighted by Crippen LogP contribution is -2.11. The van der Waals surface area contributed by atoms with Crippen molar-refractivity contribution in [2.45, 2.75) is 0 Å². The van der Waals surface area contributed by atoms with Crippen molar-refractivity contribution in [1.29, 1.82) is 0 Å². The molecule has 0 N–H and O–H groups in total. The summed E-state index contributed by atoms with van der Waals surface area (Å²) >= 11 is 0. The normalized spacial score (nSPS) is 11.0. The lowest BCUT2D eigenvalue weighted by atomic mass is 9.96. The number of benzene rings is 8. The standard InChI is InChI=1S/C46H33N/c1-3-15-34(16-4-1)37-21-11-23-39(31-37)45-28-9-10-30-46(45)47(41-25-12-22-38(32-41)35-17-5-2-6-18-35)42-26-13-24-40(33-42)44-29-14-20-36-19-7-8-27-43(36)44/h1-33H. The second-order valence-corrected chi connectivity index (χ2v) is 11.8. The SMILES string of the molecule is c1ccc(-c2cccc(-c3ccccc3N(c3cccc(-c4ccccc4)c3)c3cccc(-c4cccc5ccccc45)c3)c2)cc1. The predicted molar refractivity (Wildman–Crippen MR) is 200 cm³/mol. The molecule has 0 bridgehead atoms. The molecule has 0 radical (unpaired) electrons. The van der Waals surface area contributed by atoms with Gasteiger partial charge in [-0.05, 0) is 86.1 Å². The average Bonchev–Trinajstić information content (AvgIpc) is 3.16. The van der Waals surface area contributed by atoms with Gasteiger partial charge >= 0.3 is 0 Å². The second kappa shape index (κ2) is 12.7. The number of hydrogen-bond acceptors (Lipinski definition) is 1. The van der Waals surface area contributed by atoms with Gasteiger partial charge in [-0.25, -0.2) is 0 Å². The Morgan fingerprint density at radius 1 is 0.277 bits per heavy atom. The predicted octanol–water partition coefficient (Wildman–Crippen LogP) is 13.0. The Hall–Kier alpha value is -6.18. The van der Waals surface area contributed by atoms with Gasteiger partial charge in [-0.1, -0.05) is 164 Å². The molecule has 0 aliphatic carbocycles. The van der Waals surface area contributed by atoms with Crippen LogP contribution in [0.3, 0.4) is 0 Å². The average molecular weight is 600 g/mol. The van der Waals surface area contributed by atoms with Crippen molar-refractivity contribution in [3.8, 4) is 44.5 Å². The Bertz CT molecular complexity index is 2300. The van der Waals surface area contributed by atoms with Crippen LogP contribution >= 0.6 is 0 Å². The monoisotopic (exact) mass is 599 g/mol. The number of para-hydroxylation sites is 1. The van der Waals surface area contributed by atoms with Crippen LogP contribution in [0.5, 0.6) is 0 Å². The summed E-state index contributed by atoms with van der Waals surface area (Å²) in [5.74, 6) is 0. The number of fused-ring (bicyclic) bond motifs is 1. The maximum absolute atomic E-state index is 2.41. The third-order valence-corrected chi connectivity index (χ3v) is 8.84. The maximum atomic E-state index is 2.41. The third kappa shape index (κ3) is 5.72. The van der Waals surface area contributed by atoms with Crippen molar-refractivity contribution in [3.63, 3.8) is 0 Å². The Labute approximate surface area is 276 Å². The summed E-state index contributed by atoms with van der Waals surface area (Å²) in [6.45, 7) is 0. The van der Waals surface area contributed by atoms with Gasteiger partial charge < -0.3 is 4.90 Å². The smallest absolute Gasteiger partial charge is 0.0540 e. The van der Waals surface area contributed by atoms with Crippen molar-refractivity contribution in [2.75, 3.05) is 4.90 Å². The van der Waals surface area contributed by atoms with E-state index in [4.69, 9.17) is 0 Å².